The molecule has 2 rings (SSSR count). The first-order chi connectivity index (χ1) is 6.84. The molecule has 72 valence electrons. The van der Waals surface area contributed by atoms with E-state index >= 15 is 0 Å². The lowest BCUT2D eigenvalue weighted by Crippen LogP contribution is -1.98. The molecule has 2 aromatic rings. The quantitative estimate of drug-likeness (QED) is 0.879. The number of hydrogen-bond donors (Lipinski definition) is 1. The van der Waals surface area contributed by atoms with Crippen molar-refractivity contribution in [3.63, 3.8) is 0 Å². The minimum absolute atomic E-state index is 0.804. The van der Waals surface area contributed by atoms with Crippen LogP contribution in [0.1, 0.15) is 5.01 Å². The molecule has 0 unspecified atom stereocenters. The van der Waals surface area contributed by atoms with Crippen LogP contribution in [-0.2, 0) is 6.54 Å². The van der Waals surface area contributed by atoms with Crippen LogP contribution >= 0.6 is 33.9 Å². The summed E-state index contributed by atoms with van der Waals surface area (Å²) < 4.78 is 1.25. The molecule has 1 aromatic heterocycles. The van der Waals surface area contributed by atoms with Crippen LogP contribution in [-0.4, -0.2) is 4.98 Å². The zero-order valence-electron chi connectivity index (χ0n) is 7.40. The second-order valence-corrected chi connectivity index (χ2v) is 5.01. The molecule has 0 aliphatic heterocycles. The van der Waals surface area contributed by atoms with Crippen LogP contribution in [0.15, 0.2) is 35.8 Å². The highest BCUT2D eigenvalue weighted by molar-refractivity contribution is 14.1. The summed E-state index contributed by atoms with van der Waals surface area (Å²) in [6, 6.07) is 8.33. The summed E-state index contributed by atoms with van der Waals surface area (Å²) in [5, 5.41) is 6.42. The van der Waals surface area contributed by atoms with E-state index in [-0.39, 0.29) is 0 Å². The predicted molar refractivity (Wildman–Crippen MR) is 68.6 cm³/mol. The third-order valence-electron chi connectivity index (χ3n) is 1.77. The number of rotatable bonds is 3. The van der Waals surface area contributed by atoms with Gasteiger partial charge in [0.05, 0.1) is 6.54 Å². The Balaban J connectivity index is 1.95. The Morgan fingerprint density at radius 2 is 2.07 bits per heavy atom. The zero-order chi connectivity index (χ0) is 9.80. The molecule has 0 radical (unpaired) electrons. The van der Waals surface area contributed by atoms with Gasteiger partial charge in [-0.15, -0.1) is 11.3 Å². The highest BCUT2D eigenvalue weighted by Gasteiger charge is 1.95. The van der Waals surface area contributed by atoms with Crippen molar-refractivity contribution in [2.75, 3.05) is 5.32 Å². The van der Waals surface area contributed by atoms with E-state index in [4.69, 9.17) is 0 Å². The van der Waals surface area contributed by atoms with Gasteiger partial charge in [0.25, 0.3) is 0 Å². The van der Waals surface area contributed by atoms with Crippen LogP contribution in [0.4, 0.5) is 5.69 Å². The van der Waals surface area contributed by atoms with E-state index in [1.54, 1.807) is 11.3 Å². The highest BCUT2D eigenvalue weighted by Crippen LogP contribution is 2.13. The van der Waals surface area contributed by atoms with Gasteiger partial charge in [-0.1, -0.05) is 0 Å². The molecule has 1 heterocycles. The van der Waals surface area contributed by atoms with Crippen LogP contribution in [0.3, 0.4) is 0 Å². The smallest absolute Gasteiger partial charge is 0.112 e. The second-order valence-electron chi connectivity index (χ2n) is 2.79. The summed E-state index contributed by atoms with van der Waals surface area (Å²) in [5.41, 5.74) is 1.14. The van der Waals surface area contributed by atoms with Gasteiger partial charge in [0.1, 0.15) is 5.01 Å². The molecule has 4 heteroatoms. The van der Waals surface area contributed by atoms with Crippen LogP contribution in [0.2, 0.25) is 0 Å². The Bertz CT molecular complexity index is 383. The number of hydrogen-bond acceptors (Lipinski definition) is 3. The van der Waals surface area contributed by atoms with Crippen molar-refractivity contribution in [3.8, 4) is 0 Å². The van der Waals surface area contributed by atoms with Gasteiger partial charge in [-0.25, -0.2) is 4.98 Å². The van der Waals surface area contributed by atoms with E-state index in [2.05, 4.69) is 57.2 Å². The Hall–Kier alpha value is -0.620. The topological polar surface area (TPSA) is 24.9 Å². The van der Waals surface area contributed by atoms with Crippen LogP contribution < -0.4 is 5.32 Å². The molecule has 0 aliphatic carbocycles. The fourth-order valence-electron chi connectivity index (χ4n) is 1.09. The highest BCUT2D eigenvalue weighted by atomic mass is 127. The van der Waals surface area contributed by atoms with Crippen LogP contribution in [0.25, 0.3) is 0 Å². The largest absolute Gasteiger partial charge is 0.379 e. The lowest BCUT2D eigenvalue weighted by atomic mass is 10.3. The van der Waals surface area contributed by atoms with Crippen molar-refractivity contribution < 1.29 is 0 Å². The molecule has 0 saturated carbocycles. The van der Waals surface area contributed by atoms with E-state index in [9.17, 15) is 0 Å². The van der Waals surface area contributed by atoms with E-state index in [1.165, 1.54) is 3.57 Å². The number of nitrogens with zero attached hydrogens (tertiary/aromatic N) is 1. The number of anilines is 1. The van der Waals surface area contributed by atoms with E-state index in [0.717, 1.165) is 17.2 Å². The van der Waals surface area contributed by atoms with E-state index in [0.29, 0.717) is 0 Å². The van der Waals surface area contributed by atoms with Gasteiger partial charge >= 0.3 is 0 Å². The number of thiazole rings is 1. The first kappa shape index (κ1) is 9.92. The molecule has 0 fully saturated rings. The summed E-state index contributed by atoms with van der Waals surface area (Å²) in [5.74, 6) is 0. The summed E-state index contributed by atoms with van der Waals surface area (Å²) in [7, 11) is 0. The van der Waals surface area contributed by atoms with Crippen molar-refractivity contribution in [2.24, 2.45) is 0 Å². The Morgan fingerprint density at radius 1 is 1.29 bits per heavy atom. The van der Waals surface area contributed by atoms with Gasteiger partial charge < -0.3 is 5.32 Å². The molecule has 0 saturated heterocycles. The van der Waals surface area contributed by atoms with Gasteiger partial charge in [0.15, 0.2) is 0 Å². The van der Waals surface area contributed by atoms with Gasteiger partial charge in [-0.2, -0.15) is 0 Å². The summed E-state index contributed by atoms with van der Waals surface area (Å²) >= 11 is 3.97. The molecule has 0 aliphatic rings. The monoisotopic (exact) mass is 316 g/mol. The standard InChI is InChI=1S/C10H9IN2S/c11-8-1-3-9(4-2-8)13-7-10-12-5-6-14-10/h1-6,13H,7H2. The minimum atomic E-state index is 0.804. The Kier molecular flexibility index (Phi) is 3.36. The van der Waals surface area contributed by atoms with Crippen LogP contribution in [0, 0.1) is 3.57 Å². The van der Waals surface area contributed by atoms with Crippen molar-refractivity contribution in [2.45, 2.75) is 6.54 Å². The van der Waals surface area contributed by atoms with Gasteiger partial charge in [0.2, 0.25) is 0 Å². The maximum atomic E-state index is 4.20. The first-order valence-corrected chi connectivity index (χ1v) is 6.18. The fraction of sp³-hybridized carbons (Fsp3) is 0.100. The summed E-state index contributed by atoms with van der Waals surface area (Å²) in [6.45, 7) is 0.804. The Labute approximate surface area is 101 Å². The second kappa shape index (κ2) is 4.75. The fourth-order valence-corrected chi connectivity index (χ4v) is 2.00. The van der Waals surface area contributed by atoms with Crippen molar-refractivity contribution in [1.82, 2.24) is 4.98 Å². The summed E-state index contributed by atoms with van der Waals surface area (Å²) in [4.78, 5) is 4.20. The molecule has 0 spiro atoms. The Morgan fingerprint density at radius 3 is 2.71 bits per heavy atom. The number of benzene rings is 1. The van der Waals surface area contributed by atoms with Gasteiger partial charge in [-0.05, 0) is 46.9 Å². The average Bonchev–Trinajstić information content (AvgIpc) is 2.70. The van der Waals surface area contributed by atoms with Gasteiger partial charge in [0, 0.05) is 20.8 Å². The molecule has 1 N–H and O–H groups in total. The van der Waals surface area contributed by atoms with Crippen LogP contribution in [0.5, 0.6) is 0 Å². The average molecular weight is 316 g/mol. The molecule has 0 amide bonds. The lowest BCUT2D eigenvalue weighted by Gasteiger charge is -2.03. The molecular weight excluding hydrogens is 307 g/mol. The minimum Gasteiger partial charge on any atom is -0.379 e. The lowest BCUT2D eigenvalue weighted by molar-refractivity contribution is 1.10. The zero-order valence-corrected chi connectivity index (χ0v) is 10.4. The van der Waals surface area contributed by atoms with Crippen molar-refractivity contribution in [1.29, 1.82) is 0 Å². The SMILES string of the molecule is Ic1ccc(NCc2nccs2)cc1. The maximum Gasteiger partial charge on any atom is 0.112 e. The third kappa shape index (κ3) is 2.68. The molecule has 0 bridgehead atoms. The van der Waals surface area contributed by atoms with E-state index in [1.807, 2.05) is 11.6 Å². The molecule has 1 aromatic carbocycles. The molecule has 2 nitrogen and oxygen atoms in total. The molecular formula is C10H9IN2S. The normalized spacial score (nSPS) is 10.1. The molecule has 14 heavy (non-hydrogen) atoms. The maximum absolute atomic E-state index is 4.20. The van der Waals surface area contributed by atoms with Crippen molar-refractivity contribution >= 4 is 39.6 Å². The van der Waals surface area contributed by atoms with Gasteiger partial charge in [-0.3, -0.25) is 0 Å². The molecule has 0 atom stereocenters. The number of nitrogens with one attached hydrogen (secondary N) is 1. The number of halogens is 1. The third-order valence-corrected chi connectivity index (χ3v) is 3.27. The van der Waals surface area contributed by atoms with Crippen molar-refractivity contribution in [3.05, 3.63) is 44.4 Å². The number of aromatic nitrogens is 1. The summed E-state index contributed by atoms with van der Waals surface area (Å²) in [6.07, 6.45) is 1.83. The van der Waals surface area contributed by atoms with E-state index < -0.39 is 0 Å². The first-order valence-electron chi connectivity index (χ1n) is 4.22. The predicted octanol–water partition coefficient (Wildman–Crippen LogP) is 3.36.